The number of halogens is 1. The second-order valence-corrected chi connectivity index (χ2v) is 6.51. The van der Waals surface area contributed by atoms with Crippen LogP contribution >= 0.6 is 19.8 Å². The highest BCUT2D eigenvalue weighted by Gasteiger charge is 2.27. The fourth-order valence-corrected chi connectivity index (χ4v) is 3.33. The summed E-state index contributed by atoms with van der Waals surface area (Å²) in [6, 6.07) is 9.75. The quantitative estimate of drug-likeness (QED) is 0.788. The number of fused-ring (bicyclic) bond motifs is 1. The number of aliphatic carboxylic acids is 1. The normalized spacial score (nSPS) is 14.5. The lowest BCUT2D eigenvalue weighted by Crippen LogP contribution is -2.25. The van der Waals surface area contributed by atoms with E-state index < -0.39 is 20.2 Å². The van der Waals surface area contributed by atoms with Gasteiger partial charge in [-0.3, -0.25) is 4.52 Å². The summed E-state index contributed by atoms with van der Waals surface area (Å²) < 4.78 is 9.20. The monoisotopic (exact) mass is 353 g/mol. The Bertz CT molecular complexity index is 750. The number of carboxylic acids is 1. The first-order valence-electron chi connectivity index (χ1n) is 7.20. The number of benzene rings is 2. The molecule has 0 fully saturated rings. The lowest BCUT2D eigenvalue weighted by molar-refractivity contribution is -0.169. The lowest BCUT2D eigenvalue weighted by atomic mass is 10.0. The van der Waals surface area contributed by atoms with Crippen LogP contribution in [-0.4, -0.2) is 17.1 Å². The molecule has 7 heteroatoms. The van der Waals surface area contributed by atoms with E-state index in [1.807, 2.05) is 31.2 Å². The molecule has 0 aliphatic rings. The van der Waals surface area contributed by atoms with Gasteiger partial charge in [-0.05, 0) is 17.4 Å². The Hall–Kier alpha value is -1.68. The largest absolute Gasteiger partial charge is 0.575 e. The van der Waals surface area contributed by atoms with Gasteiger partial charge in [0, 0.05) is 5.39 Å². The van der Waals surface area contributed by atoms with Gasteiger partial charge in [0.05, 0.1) is 5.02 Å². The molecule has 1 N–H and O–H groups in total. The Morgan fingerprint density at radius 3 is 2.74 bits per heavy atom. The molecule has 2 rings (SSSR count). The molecular formula is C16H17ClNO4P. The van der Waals surface area contributed by atoms with Crippen LogP contribution in [0.3, 0.4) is 0 Å². The maximum absolute atomic E-state index is 12.2. The molecule has 0 aliphatic heterocycles. The summed E-state index contributed by atoms with van der Waals surface area (Å²) in [5, 5.41) is 11.1. The first-order valence-corrected chi connectivity index (χ1v) is 8.71. The van der Waals surface area contributed by atoms with E-state index in [-0.39, 0.29) is 11.7 Å². The van der Waals surface area contributed by atoms with Crippen LogP contribution in [0.5, 0.6) is 5.75 Å². The van der Waals surface area contributed by atoms with Crippen LogP contribution in [0.4, 0.5) is 0 Å². The third kappa shape index (κ3) is 4.20. The molecule has 0 amide bonds. The molecular weight excluding hydrogens is 337 g/mol. The minimum absolute atomic E-state index is 0.238. The van der Waals surface area contributed by atoms with Gasteiger partial charge >= 0.3 is 14.1 Å². The van der Waals surface area contributed by atoms with Gasteiger partial charge in [-0.1, -0.05) is 66.9 Å². The van der Waals surface area contributed by atoms with E-state index in [1.165, 1.54) is 0 Å². The average molecular weight is 354 g/mol. The predicted molar refractivity (Wildman–Crippen MR) is 89.8 cm³/mol. The number of carbonyl (C=O) groups is 1. The van der Waals surface area contributed by atoms with Gasteiger partial charge in [0.1, 0.15) is 0 Å². The molecule has 2 aromatic rings. The van der Waals surface area contributed by atoms with E-state index in [9.17, 15) is 14.8 Å². The van der Waals surface area contributed by atoms with Gasteiger partial charge in [-0.2, -0.15) is 0 Å². The highest BCUT2D eigenvalue weighted by Crippen LogP contribution is 2.38. The van der Waals surface area contributed by atoms with Crippen molar-refractivity contribution >= 4 is 36.5 Å². The van der Waals surface area contributed by atoms with E-state index in [0.29, 0.717) is 16.8 Å². The minimum Gasteiger partial charge on any atom is -0.575 e. The van der Waals surface area contributed by atoms with Crippen molar-refractivity contribution < 1.29 is 19.3 Å². The molecule has 0 saturated heterocycles. The third-order valence-corrected chi connectivity index (χ3v) is 4.73. The molecule has 5 nitrogen and oxygen atoms in total. The van der Waals surface area contributed by atoms with Crippen molar-refractivity contribution in [2.75, 3.05) is 0 Å². The first kappa shape index (κ1) is 17.7. The number of hydrogen-bond acceptors (Lipinski definition) is 4. The van der Waals surface area contributed by atoms with Crippen molar-refractivity contribution in [3.8, 4) is 5.75 Å². The van der Waals surface area contributed by atoms with Crippen molar-refractivity contribution in [2.24, 2.45) is 10.7 Å². The molecule has 3 unspecified atom stereocenters. The van der Waals surface area contributed by atoms with Crippen molar-refractivity contribution in [1.29, 1.82) is 0 Å². The smallest absolute Gasteiger partial charge is 0.395 e. The molecule has 0 saturated carbocycles. The van der Waals surface area contributed by atoms with Gasteiger partial charge in [-0.25, -0.2) is 4.79 Å². The van der Waals surface area contributed by atoms with E-state index in [1.54, 1.807) is 19.1 Å². The highest BCUT2D eigenvalue weighted by atomic mass is 35.5. The van der Waals surface area contributed by atoms with Gasteiger partial charge in [0.2, 0.25) is 5.75 Å². The zero-order valence-electron chi connectivity index (χ0n) is 12.8. The fourth-order valence-electron chi connectivity index (χ4n) is 2.14. The highest BCUT2D eigenvalue weighted by molar-refractivity contribution is 7.34. The summed E-state index contributed by atoms with van der Waals surface area (Å²) in [4.78, 5) is 23.4. The van der Waals surface area contributed by atoms with Gasteiger partial charge in [0.15, 0.2) is 6.04 Å². The van der Waals surface area contributed by atoms with Gasteiger partial charge in [0.25, 0.3) is 0 Å². The Morgan fingerprint density at radius 2 is 2.09 bits per heavy atom. The van der Waals surface area contributed by atoms with Crippen LogP contribution in [0.2, 0.25) is 5.02 Å². The standard InChI is InChI=1S/C16H17ClNO4P/c1-3-10(2)14(16(19)20)18-23(21)22-15-12-7-5-4-6-11(12)8-9-13(15)17/h4-10,14H,3H2,1-2H3,(H,19,20). The minimum atomic E-state index is -2.55. The second-order valence-electron chi connectivity index (χ2n) is 5.21. The molecule has 3 atom stereocenters. The van der Waals surface area contributed by atoms with E-state index in [0.717, 1.165) is 5.39 Å². The molecule has 23 heavy (non-hydrogen) atoms. The summed E-state index contributed by atoms with van der Waals surface area (Å²) in [5.74, 6) is -1.10. The van der Waals surface area contributed by atoms with Crippen LogP contribution in [0, 0.1) is 5.92 Å². The van der Waals surface area contributed by atoms with E-state index >= 15 is 0 Å². The summed E-state index contributed by atoms with van der Waals surface area (Å²) >= 11 is 6.12. The third-order valence-electron chi connectivity index (χ3n) is 3.66. The topological polar surface area (TPSA) is 82.0 Å². The summed E-state index contributed by atoms with van der Waals surface area (Å²) in [6.07, 6.45) is 0.610. The zero-order valence-corrected chi connectivity index (χ0v) is 14.4. The second kappa shape index (κ2) is 7.73. The number of carboxylic acid groups (broad SMARTS) is 1. The lowest BCUT2D eigenvalue weighted by Gasteiger charge is -2.12. The number of hydrogen-bond donors (Lipinski definition) is 1. The maximum atomic E-state index is 12.2. The van der Waals surface area contributed by atoms with E-state index in [4.69, 9.17) is 16.1 Å². The van der Waals surface area contributed by atoms with Gasteiger partial charge in [-0.15, -0.1) is 0 Å². The molecule has 0 heterocycles. The molecule has 0 spiro atoms. The molecule has 0 radical (unpaired) electrons. The first-order chi connectivity index (χ1) is 10.9. The van der Waals surface area contributed by atoms with Crippen LogP contribution in [0.1, 0.15) is 20.3 Å². The summed E-state index contributed by atoms with van der Waals surface area (Å²) in [5.41, 5.74) is 0. The van der Waals surface area contributed by atoms with E-state index in [2.05, 4.69) is 4.74 Å². The molecule has 0 aliphatic carbocycles. The zero-order chi connectivity index (χ0) is 17.0. The molecule has 0 aromatic heterocycles. The van der Waals surface area contributed by atoms with Crippen molar-refractivity contribution in [3.63, 3.8) is 0 Å². The average Bonchev–Trinajstić information content (AvgIpc) is 2.54. The predicted octanol–water partition coefficient (Wildman–Crippen LogP) is 4.23. The summed E-state index contributed by atoms with van der Waals surface area (Å²) in [6.45, 7) is 3.60. The van der Waals surface area contributed by atoms with Crippen LogP contribution in [0.15, 0.2) is 41.1 Å². The van der Waals surface area contributed by atoms with Gasteiger partial charge < -0.3 is 10.00 Å². The van der Waals surface area contributed by atoms with Crippen molar-refractivity contribution in [2.45, 2.75) is 26.3 Å². The molecule has 0 bridgehead atoms. The van der Waals surface area contributed by atoms with Crippen LogP contribution in [-0.2, 0) is 4.79 Å². The summed E-state index contributed by atoms with van der Waals surface area (Å²) in [7, 11) is -2.55. The SMILES string of the molecule is CCC(C)C(/N=[P+](\[O-])Oc1c(Cl)ccc2ccccc12)C(=O)O. The molecule has 2 aromatic carbocycles. The van der Waals surface area contributed by atoms with Crippen molar-refractivity contribution in [1.82, 2.24) is 0 Å². The van der Waals surface area contributed by atoms with Crippen LogP contribution < -0.4 is 9.42 Å². The van der Waals surface area contributed by atoms with Crippen molar-refractivity contribution in [3.05, 3.63) is 41.4 Å². The number of nitrogens with zero attached hydrogens (tertiary/aromatic N) is 1. The Morgan fingerprint density at radius 1 is 1.39 bits per heavy atom. The maximum Gasteiger partial charge on any atom is 0.395 e. The fraction of sp³-hybridized carbons (Fsp3) is 0.312. The Kier molecular flexibility index (Phi) is 5.94. The Balaban J connectivity index is 2.36. The number of rotatable bonds is 6. The molecule has 122 valence electrons. The van der Waals surface area contributed by atoms with Crippen LogP contribution in [0.25, 0.3) is 10.8 Å². The Labute approximate surface area is 140 Å².